The summed E-state index contributed by atoms with van der Waals surface area (Å²) in [5, 5.41) is 0. The summed E-state index contributed by atoms with van der Waals surface area (Å²) < 4.78 is 0. The first-order valence-corrected chi connectivity index (χ1v) is 5.98. The number of aromatic amines is 2. The van der Waals surface area contributed by atoms with Crippen LogP contribution in [0.4, 0.5) is 0 Å². The van der Waals surface area contributed by atoms with Crippen LogP contribution in [-0.4, -0.2) is 21.5 Å². The maximum absolute atomic E-state index is 11.6. The Kier molecular flexibility index (Phi) is 4.66. The molecule has 7 nitrogen and oxygen atoms in total. The molecule has 1 amide bonds. The third kappa shape index (κ3) is 5.09. The Morgan fingerprint density at radius 2 is 1.89 bits per heavy atom. The van der Waals surface area contributed by atoms with E-state index in [1.165, 1.54) is 0 Å². The molecule has 0 radical (unpaired) electrons. The summed E-state index contributed by atoms with van der Waals surface area (Å²) >= 11 is 0. The van der Waals surface area contributed by atoms with E-state index in [4.69, 9.17) is 4.84 Å². The molecule has 0 aromatic carbocycles. The number of hydrogen-bond acceptors (Lipinski definition) is 4. The molecule has 0 spiro atoms. The van der Waals surface area contributed by atoms with Gasteiger partial charge in [-0.15, -0.1) is 0 Å². The third-order valence-corrected chi connectivity index (χ3v) is 2.33. The minimum atomic E-state index is -0.549. The van der Waals surface area contributed by atoms with Gasteiger partial charge in [-0.25, -0.2) is 10.3 Å². The minimum Gasteiger partial charge on any atom is -0.311 e. The summed E-state index contributed by atoms with van der Waals surface area (Å²) in [5.74, 6) is -0.320. The fourth-order valence-corrected chi connectivity index (χ4v) is 1.43. The summed E-state index contributed by atoms with van der Waals surface area (Å²) in [4.78, 5) is 43.8. The number of H-pyrrole nitrogens is 2. The lowest BCUT2D eigenvalue weighted by Crippen LogP contribution is -2.34. The van der Waals surface area contributed by atoms with Gasteiger partial charge in [0.05, 0.1) is 5.60 Å². The standard InChI is InChI=1S/C12H19N3O4/c1-7-8(10(17)14-11(18)13-7)5-6-9(16)15-19-12(2,3)4/h5-6H2,1-4H3,(H,15,16)(H2,13,14,17,18). The van der Waals surface area contributed by atoms with Gasteiger partial charge in [0.25, 0.3) is 5.56 Å². The molecule has 1 aromatic rings. The van der Waals surface area contributed by atoms with Crippen LogP contribution in [0, 0.1) is 6.92 Å². The van der Waals surface area contributed by atoms with Crippen LogP contribution in [-0.2, 0) is 16.1 Å². The molecule has 7 heteroatoms. The van der Waals surface area contributed by atoms with Gasteiger partial charge >= 0.3 is 5.69 Å². The summed E-state index contributed by atoms with van der Waals surface area (Å²) in [5.41, 5.74) is 1.70. The number of carbonyl (C=O) groups is 1. The summed E-state index contributed by atoms with van der Waals surface area (Å²) in [6.45, 7) is 7.05. The van der Waals surface area contributed by atoms with E-state index in [-0.39, 0.29) is 18.7 Å². The SMILES string of the molecule is Cc1[nH]c(=O)[nH]c(=O)c1CCC(=O)NOC(C)(C)C. The normalized spacial score (nSPS) is 11.4. The zero-order valence-electron chi connectivity index (χ0n) is 11.5. The number of amides is 1. The first kappa shape index (κ1) is 15.2. The van der Waals surface area contributed by atoms with Crippen LogP contribution in [0.1, 0.15) is 38.4 Å². The fourth-order valence-electron chi connectivity index (χ4n) is 1.43. The van der Waals surface area contributed by atoms with Gasteiger partial charge in [-0.2, -0.15) is 0 Å². The lowest BCUT2D eigenvalue weighted by molar-refractivity contribution is -0.145. The van der Waals surface area contributed by atoms with E-state index in [9.17, 15) is 14.4 Å². The molecule has 0 unspecified atom stereocenters. The molecule has 1 heterocycles. The average molecular weight is 269 g/mol. The molecular weight excluding hydrogens is 250 g/mol. The molecule has 1 rings (SSSR count). The number of hydrogen-bond donors (Lipinski definition) is 3. The Labute approximate surface area is 110 Å². The third-order valence-electron chi connectivity index (χ3n) is 2.33. The average Bonchev–Trinajstić information content (AvgIpc) is 2.23. The molecule has 1 aromatic heterocycles. The molecule has 0 saturated heterocycles. The maximum Gasteiger partial charge on any atom is 0.325 e. The number of carbonyl (C=O) groups excluding carboxylic acids is 1. The van der Waals surface area contributed by atoms with Crippen molar-refractivity contribution in [2.45, 2.75) is 46.1 Å². The fraction of sp³-hybridized carbons (Fsp3) is 0.583. The smallest absolute Gasteiger partial charge is 0.311 e. The zero-order chi connectivity index (χ0) is 14.6. The van der Waals surface area contributed by atoms with Crippen molar-refractivity contribution in [3.8, 4) is 0 Å². The van der Waals surface area contributed by atoms with Crippen molar-refractivity contribution in [2.24, 2.45) is 0 Å². The van der Waals surface area contributed by atoms with Crippen molar-refractivity contribution in [1.82, 2.24) is 15.4 Å². The topological polar surface area (TPSA) is 104 Å². The van der Waals surface area contributed by atoms with Gasteiger partial charge in [0.2, 0.25) is 5.91 Å². The molecule has 0 bridgehead atoms. The summed E-state index contributed by atoms with van der Waals surface area (Å²) in [6.07, 6.45) is 0.337. The second kappa shape index (κ2) is 5.83. The van der Waals surface area contributed by atoms with E-state index in [1.54, 1.807) is 6.92 Å². The highest BCUT2D eigenvalue weighted by Gasteiger charge is 2.14. The number of rotatable bonds is 4. The second-order valence-electron chi connectivity index (χ2n) is 5.25. The summed E-state index contributed by atoms with van der Waals surface area (Å²) in [7, 11) is 0. The molecule has 3 N–H and O–H groups in total. The first-order chi connectivity index (χ1) is 8.69. The van der Waals surface area contributed by atoms with E-state index < -0.39 is 16.9 Å². The Bertz CT molecular complexity index is 566. The molecule has 0 fully saturated rings. The molecular formula is C12H19N3O4. The second-order valence-corrected chi connectivity index (χ2v) is 5.25. The number of aryl methyl sites for hydroxylation is 1. The molecule has 0 saturated carbocycles. The lowest BCUT2D eigenvalue weighted by atomic mass is 10.1. The van der Waals surface area contributed by atoms with Crippen molar-refractivity contribution < 1.29 is 9.63 Å². The van der Waals surface area contributed by atoms with Gasteiger partial charge in [0.1, 0.15) is 0 Å². The molecule has 0 aliphatic heterocycles. The highest BCUT2D eigenvalue weighted by molar-refractivity contribution is 5.75. The van der Waals surface area contributed by atoms with Crippen LogP contribution in [0.5, 0.6) is 0 Å². The van der Waals surface area contributed by atoms with Crippen LogP contribution in [0.2, 0.25) is 0 Å². The van der Waals surface area contributed by atoms with Crippen LogP contribution < -0.4 is 16.7 Å². The van der Waals surface area contributed by atoms with Crippen molar-refractivity contribution in [2.75, 3.05) is 0 Å². The quantitative estimate of drug-likeness (QED) is 0.677. The van der Waals surface area contributed by atoms with Gasteiger partial charge in [0.15, 0.2) is 0 Å². The van der Waals surface area contributed by atoms with Crippen molar-refractivity contribution >= 4 is 5.91 Å². The van der Waals surface area contributed by atoms with E-state index in [0.717, 1.165) is 0 Å². The van der Waals surface area contributed by atoms with Gasteiger partial charge in [-0.05, 0) is 34.1 Å². The number of nitrogens with one attached hydrogen (secondary N) is 3. The predicted molar refractivity (Wildman–Crippen MR) is 69.7 cm³/mol. The van der Waals surface area contributed by atoms with Gasteiger partial charge in [-0.1, -0.05) is 0 Å². The molecule has 0 atom stereocenters. The van der Waals surface area contributed by atoms with E-state index in [2.05, 4.69) is 15.4 Å². The van der Waals surface area contributed by atoms with E-state index in [1.807, 2.05) is 20.8 Å². The van der Waals surface area contributed by atoms with Crippen LogP contribution in [0.3, 0.4) is 0 Å². The van der Waals surface area contributed by atoms with Crippen LogP contribution in [0.15, 0.2) is 9.59 Å². The number of hydroxylamine groups is 1. The lowest BCUT2D eigenvalue weighted by Gasteiger charge is -2.18. The highest BCUT2D eigenvalue weighted by atomic mass is 16.7. The van der Waals surface area contributed by atoms with Gasteiger partial charge < -0.3 is 4.98 Å². The maximum atomic E-state index is 11.6. The van der Waals surface area contributed by atoms with Crippen molar-refractivity contribution in [3.63, 3.8) is 0 Å². The van der Waals surface area contributed by atoms with Crippen molar-refractivity contribution in [3.05, 3.63) is 32.1 Å². The Morgan fingerprint density at radius 1 is 1.26 bits per heavy atom. The largest absolute Gasteiger partial charge is 0.325 e. The Hall–Kier alpha value is -1.89. The predicted octanol–water partition coefficient (Wildman–Crippen LogP) is 0.151. The van der Waals surface area contributed by atoms with Crippen molar-refractivity contribution in [1.29, 1.82) is 0 Å². The zero-order valence-corrected chi connectivity index (χ0v) is 11.5. The first-order valence-electron chi connectivity index (χ1n) is 5.98. The van der Waals surface area contributed by atoms with E-state index in [0.29, 0.717) is 11.3 Å². The molecule has 0 aliphatic rings. The molecule has 0 aliphatic carbocycles. The van der Waals surface area contributed by atoms with Crippen LogP contribution >= 0.6 is 0 Å². The van der Waals surface area contributed by atoms with Gasteiger partial charge in [-0.3, -0.25) is 19.4 Å². The van der Waals surface area contributed by atoms with Gasteiger partial charge in [0, 0.05) is 17.7 Å². The number of aromatic nitrogens is 2. The molecule has 19 heavy (non-hydrogen) atoms. The Balaban J connectivity index is 2.61. The monoisotopic (exact) mass is 269 g/mol. The van der Waals surface area contributed by atoms with Crippen LogP contribution in [0.25, 0.3) is 0 Å². The summed E-state index contributed by atoms with van der Waals surface area (Å²) in [6, 6.07) is 0. The molecule has 106 valence electrons. The Morgan fingerprint density at radius 3 is 2.42 bits per heavy atom. The minimum absolute atomic E-state index is 0.103. The highest BCUT2D eigenvalue weighted by Crippen LogP contribution is 2.04. The van der Waals surface area contributed by atoms with E-state index >= 15 is 0 Å².